The molecule has 2 fully saturated rings. The number of nitrogens with zero attached hydrogens (tertiary/aromatic N) is 1. The highest BCUT2D eigenvalue weighted by Gasteiger charge is 2.44. The van der Waals surface area contributed by atoms with Crippen molar-refractivity contribution in [3.63, 3.8) is 0 Å². The first-order valence-corrected chi connectivity index (χ1v) is 9.56. The molecule has 0 amide bonds. The molecular weight excluding hydrogens is 314 g/mol. The van der Waals surface area contributed by atoms with Crippen molar-refractivity contribution in [3.8, 4) is 0 Å². The Hall–Kier alpha value is -1.65. The standard InChI is InChI=1S/C21H27NO3/c1-2-15-6-7-18-17(11-15)16(12-20(24)25-18)13-22-10-4-9-21(14-22)8-3-5-19(21)23/h6-7,11-12,19,23H,2-5,8-10,13-14H2,1H3/t19-,21-/m1/s1. The third kappa shape index (κ3) is 3.13. The molecular formula is C21H27NO3. The Morgan fingerprint density at radius 2 is 2.12 bits per heavy atom. The van der Waals surface area contributed by atoms with Crippen LogP contribution in [0.1, 0.15) is 50.2 Å². The third-order valence-corrected chi connectivity index (χ3v) is 6.24. The van der Waals surface area contributed by atoms with Crippen LogP contribution in [0.25, 0.3) is 11.0 Å². The van der Waals surface area contributed by atoms with Crippen LogP contribution in [0.4, 0.5) is 0 Å². The fourth-order valence-corrected chi connectivity index (χ4v) is 4.86. The second-order valence-corrected chi connectivity index (χ2v) is 7.86. The number of benzene rings is 1. The van der Waals surface area contributed by atoms with E-state index in [9.17, 15) is 9.90 Å². The number of aryl methyl sites for hydroxylation is 1. The number of hydrogen-bond acceptors (Lipinski definition) is 4. The van der Waals surface area contributed by atoms with Crippen LogP contribution in [0.2, 0.25) is 0 Å². The van der Waals surface area contributed by atoms with Gasteiger partial charge in [-0.3, -0.25) is 4.90 Å². The zero-order chi connectivity index (χ0) is 17.4. The third-order valence-electron chi connectivity index (χ3n) is 6.24. The smallest absolute Gasteiger partial charge is 0.336 e. The van der Waals surface area contributed by atoms with Gasteiger partial charge >= 0.3 is 5.63 Å². The predicted molar refractivity (Wildman–Crippen MR) is 98.7 cm³/mol. The van der Waals surface area contributed by atoms with Crippen molar-refractivity contribution in [2.75, 3.05) is 13.1 Å². The molecule has 1 aliphatic heterocycles. The topological polar surface area (TPSA) is 53.7 Å². The molecule has 1 spiro atoms. The van der Waals surface area contributed by atoms with Crippen LogP contribution in [-0.4, -0.2) is 29.2 Å². The van der Waals surface area contributed by atoms with Crippen molar-refractivity contribution in [3.05, 3.63) is 45.8 Å². The summed E-state index contributed by atoms with van der Waals surface area (Å²) in [6.45, 7) is 4.85. The molecule has 0 radical (unpaired) electrons. The van der Waals surface area contributed by atoms with Crippen LogP contribution in [0.15, 0.2) is 33.5 Å². The number of fused-ring (bicyclic) bond motifs is 1. The van der Waals surface area contributed by atoms with Crippen LogP contribution in [0.3, 0.4) is 0 Å². The normalized spacial score (nSPS) is 27.4. The van der Waals surface area contributed by atoms with Crippen molar-refractivity contribution in [2.45, 2.75) is 58.1 Å². The van der Waals surface area contributed by atoms with Gasteiger partial charge in [0.2, 0.25) is 0 Å². The van der Waals surface area contributed by atoms with Crippen LogP contribution in [0.5, 0.6) is 0 Å². The highest BCUT2D eigenvalue weighted by molar-refractivity contribution is 5.80. The van der Waals surface area contributed by atoms with Crippen LogP contribution >= 0.6 is 0 Å². The highest BCUT2D eigenvalue weighted by Crippen LogP contribution is 2.45. The lowest BCUT2D eigenvalue weighted by molar-refractivity contribution is -0.0119. The first-order chi connectivity index (χ1) is 12.1. The molecule has 1 saturated heterocycles. The molecule has 1 aliphatic carbocycles. The van der Waals surface area contributed by atoms with Crippen molar-refractivity contribution in [1.82, 2.24) is 4.90 Å². The molecule has 1 aromatic carbocycles. The molecule has 0 unspecified atom stereocenters. The Kier molecular flexibility index (Phi) is 4.42. The Balaban J connectivity index is 1.64. The summed E-state index contributed by atoms with van der Waals surface area (Å²) in [5.74, 6) is 0. The molecule has 4 rings (SSSR count). The molecule has 4 heteroatoms. The van der Waals surface area contributed by atoms with Gasteiger partial charge in [-0.05, 0) is 61.9 Å². The number of aliphatic hydroxyl groups is 1. The Morgan fingerprint density at radius 3 is 2.88 bits per heavy atom. The summed E-state index contributed by atoms with van der Waals surface area (Å²) in [5.41, 5.74) is 2.77. The maximum Gasteiger partial charge on any atom is 0.336 e. The minimum absolute atomic E-state index is 0.0715. The number of likely N-dealkylation sites (tertiary alicyclic amines) is 1. The summed E-state index contributed by atoms with van der Waals surface area (Å²) >= 11 is 0. The van der Waals surface area contributed by atoms with Gasteiger partial charge in [0.25, 0.3) is 0 Å². The van der Waals surface area contributed by atoms with E-state index < -0.39 is 0 Å². The molecule has 0 bridgehead atoms. The fourth-order valence-electron chi connectivity index (χ4n) is 4.86. The minimum atomic E-state index is -0.278. The largest absolute Gasteiger partial charge is 0.423 e. The lowest BCUT2D eigenvalue weighted by atomic mass is 9.76. The number of aliphatic hydroxyl groups excluding tert-OH is 1. The predicted octanol–water partition coefficient (Wildman–Crippen LogP) is 3.48. The van der Waals surface area contributed by atoms with Gasteiger partial charge in [0.15, 0.2) is 0 Å². The molecule has 1 saturated carbocycles. The van der Waals surface area contributed by atoms with E-state index in [1.165, 1.54) is 5.56 Å². The van der Waals surface area contributed by atoms with Gasteiger partial charge in [0.05, 0.1) is 6.10 Å². The number of hydrogen-bond donors (Lipinski definition) is 1. The SMILES string of the molecule is CCc1ccc2oc(=O)cc(CN3CCC[C@]4(CCC[C@H]4O)C3)c2c1. The summed E-state index contributed by atoms with van der Waals surface area (Å²) in [6, 6.07) is 7.74. The molecule has 2 heterocycles. The molecule has 1 aromatic heterocycles. The van der Waals surface area contributed by atoms with E-state index in [1.54, 1.807) is 6.07 Å². The lowest BCUT2D eigenvalue weighted by Crippen LogP contribution is -2.46. The lowest BCUT2D eigenvalue weighted by Gasteiger charge is -2.42. The summed E-state index contributed by atoms with van der Waals surface area (Å²) in [4.78, 5) is 14.4. The quantitative estimate of drug-likeness (QED) is 0.869. The van der Waals surface area contributed by atoms with Crippen LogP contribution < -0.4 is 5.63 Å². The summed E-state index contributed by atoms with van der Waals surface area (Å²) in [5, 5.41) is 11.5. The van der Waals surface area contributed by atoms with E-state index in [2.05, 4.69) is 17.9 Å². The molecule has 4 nitrogen and oxygen atoms in total. The van der Waals surface area contributed by atoms with E-state index in [1.807, 2.05) is 12.1 Å². The Labute approximate surface area is 148 Å². The highest BCUT2D eigenvalue weighted by atomic mass is 16.4. The maximum absolute atomic E-state index is 12.0. The maximum atomic E-state index is 12.0. The van der Waals surface area contributed by atoms with Crippen molar-refractivity contribution in [1.29, 1.82) is 0 Å². The summed E-state index contributed by atoms with van der Waals surface area (Å²) in [6.07, 6.45) is 6.24. The van der Waals surface area contributed by atoms with E-state index in [-0.39, 0.29) is 17.1 Å². The number of rotatable bonds is 3. The molecule has 25 heavy (non-hydrogen) atoms. The van der Waals surface area contributed by atoms with Crippen LogP contribution in [-0.2, 0) is 13.0 Å². The molecule has 2 aliphatic rings. The minimum Gasteiger partial charge on any atom is -0.423 e. The van der Waals surface area contributed by atoms with Crippen molar-refractivity contribution >= 4 is 11.0 Å². The first-order valence-electron chi connectivity index (χ1n) is 9.56. The van der Waals surface area contributed by atoms with Crippen LogP contribution in [0, 0.1) is 5.41 Å². The van der Waals surface area contributed by atoms with E-state index in [0.29, 0.717) is 5.58 Å². The second-order valence-electron chi connectivity index (χ2n) is 7.86. The second kappa shape index (κ2) is 6.58. The molecule has 2 atom stereocenters. The zero-order valence-corrected chi connectivity index (χ0v) is 15.0. The van der Waals surface area contributed by atoms with Gasteiger partial charge in [-0.1, -0.05) is 19.4 Å². The van der Waals surface area contributed by atoms with E-state index in [0.717, 1.165) is 69.1 Å². The first kappa shape index (κ1) is 16.8. The van der Waals surface area contributed by atoms with Gasteiger partial charge < -0.3 is 9.52 Å². The van der Waals surface area contributed by atoms with Crippen molar-refractivity contribution in [2.24, 2.45) is 5.41 Å². The average Bonchev–Trinajstić information content (AvgIpc) is 2.94. The average molecular weight is 341 g/mol. The fraction of sp³-hybridized carbons (Fsp3) is 0.571. The Bertz CT molecular complexity index is 827. The molecule has 1 N–H and O–H groups in total. The van der Waals surface area contributed by atoms with Crippen molar-refractivity contribution < 1.29 is 9.52 Å². The number of piperidine rings is 1. The molecule has 2 aromatic rings. The van der Waals surface area contributed by atoms with Gasteiger partial charge in [-0.2, -0.15) is 0 Å². The van der Waals surface area contributed by atoms with E-state index >= 15 is 0 Å². The van der Waals surface area contributed by atoms with Gasteiger partial charge in [0, 0.05) is 30.0 Å². The molecule has 134 valence electrons. The summed E-state index contributed by atoms with van der Waals surface area (Å²) in [7, 11) is 0. The van der Waals surface area contributed by atoms with Gasteiger partial charge in [-0.15, -0.1) is 0 Å². The monoisotopic (exact) mass is 341 g/mol. The van der Waals surface area contributed by atoms with Gasteiger partial charge in [0.1, 0.15) is 5.58 Å². The summed E-state index contributed by atoms with van der Waals surface area (Å²) < 4.78 is 5.39. The zero-order valence-electron chi connectivity index (χ0n) is 15.0. The van der Waals surface area contributed by atoms with E-state index in [4.69, 9.17) is 4.42 Å². The van der Waals surface area contributed by atoms with Gasteiger partial charge in [-0.25, -0.2) is 4.79 Å². The Morgan fingerprint density at radius 1 is 1.28 bits per heavy atom.